The van der Waals surface area contributed by atoms with Crippen molar-refractivity contribution in [3.8, 4) is 0 Å². The summed E-state index contributed by atoms with van der Waals surface area (Å²) in [5.74, 6) is 1.18. The van der Waals surface area contributed by atoms with E-state index in [0.29, 0.717) is 24.9 Å². The zero-order valence-corrected chi connectivity index (χ0v) is 24.7. The molecule has 0 radical (unpaired) electrons. The number of piperidine rings is 1. The number of sulfonamides is 1. The molecular formula is C30H50N4O3S. The first kappa shape index (κ1) is 28.1. The molecule has 8 heteroatoms. The second-order valence-corrected chi connectivity index (χ2v) is 14.9. The second kappa shape index (κ2) is 12.0. The van der Waals surface area contributed by atoms with Gasteiger partial charge in [-0.15, -0.1) is 0 Å². The van der Waals surface area contributed by atoms with Gasteiger partial charge in [0.25, 0.3) is 5.91 Å². The predicted molar refractivity (Wildman–Crippen MR) is 152 cm³/mol. The minimum atomic E-state index is -3.14. The van der Waals surface area contributed by atoms with Gasteiger partial charge in [0.1, 0.15) is 0 Å². The van der Waals surface area contributed by atoms with Crippen molar-refractivity contribution in [3.63, 3.8) is 0 Å². The molecular weight excluding hydrogens is 496 g/mol. The number of carbonyl (C=O) groups is 1. The molecule has 1 amide bonds. The van der Waals surface area contributed by atoms with Crippen LogP contribution in [0, 0.1) is 24.2 Å². The Balaban J connectivity index is 1.47. The smallest absolute Gasteiger partial charge is 0.257 e. The monoisotopic (exact) mass is 546 g/mol. The fraction of sp³-hybridized carbons (Fsp3) is 0.867. The highest BCUT2D eigenvalue weighted by Gasteiger charge is 2.48. The molecule has 1 unspecified atom stereocenters. The Morgan fingerprint density at radius 1 is 0.842 bits per heavy atom. The van der Waals surface area contributed by atoms with Crippen LogP contribution < -0.4 is 0 Å². The molecule has 38 heavy (non-hydrogen) atoms. The van der Waals surface area contributed by atoms with E-state index in [1.165, 1.54) is 76.9 Å². The molecule has 4 aliphatic rings. The topological polar surface area (TPSA) is 75.5 Å². The molecule has 5 rings (SSSR count). The van der Waals surface area contributed by atoms with E-state index in [-0.39, 0.29) is 11.3 Å². The van der Waals surface area contributed by atoms with Gasteiger partial charge < -0.3 is 4.90 Å². The van der Waals surface area contributed by atoms with E-state index in [9.17, 15) is 13.2 Å². The predicted octanol–water partition coefficient (Wildman–Crippen LogP) is 5.56. The van der Waals surface area contributed by atoms with Gasteiger partial charge in [-0.25, -0.2) is 12.7 Å². The van der Waals surface area contributed by atoms with Crippen molar-refractivity contribution in [1.82, 2.24) is 19.0 Å². The van der Waals surface area contributed by atoms with E-state index in [1.54, 1.807) is 4.31 Å². The molecule has 3 fully saturated rings. The van der Waals surface area contributed by atoms with Crippen LogP contribution in [0.1, 0.15) is 118 Å². The average molecular weight is 547 g/mol. The normalized spacial score (nSPS) is 26.6. The van der Waals surface area contributed by atoms with Gasteiger partial charge >= 0.3 is 0 Å². The van der Waals surface area contributed by atoms with Crippen LogP contribution in [0.15, 0.2) is 0 Å². The van der Waals surface area contributed by atoms with E-state index < -0.39 is 10.0 Å². The summed E-state index contributed by atoms with van der Waals surface area (Å²) < 4.78 is 28.4. The molecule has 1 aromatic rings. The Morgan fingerprint density at radius 3 is 1.97 bits per heavy atom. The van der Waals surface area contributed by atoms with Gasteiger partial charge in [0.2, 0.25) is 10.0 Å². The zero-order valence-electron chi connectivity index (χ0n) is 23.9. The lowest BCUT2D eigenvalue weighted by Crippen LogP contribution is -2.49. The highest BCUT2D eigenvalue weighted by Crippen LogP contribution is 2.51. The number of hydrogen-bond donors (Lipinski definition) is 0. The number of hydrogen-bond acceptors (Lipinski definition) is 4. The van der Waals surface area contributed by atoms with Crippen molar-refractivity contribution >= 4 is 15.9 Å². The first-order valence-electron chi connectivity index (χ1n) is 15.6. The minimum Gasteiger partial charge on any atom is -0.339 e. The number of nitrogens with zero attached hydrogens (tertiary/aromatic N) is 4. The highest BCUT2D eigenvalue weighted by molar-refractivity contribution is 7.88. The molecule has 1 aromatic heterocycles. The Bertz CT molecular complexity index is 1060. The quantitative estimate of drug-likeness (QED) is 0.497. The van der Waals surface area contributed by atoms with Crippen LogP contribution in [0.25, 0.3) is 0 Å². The maximum absolute atomic E-state index is 13.9. The first-order valence-corrected chi connectivity index (χ1v) is 17.4. The maximum atomic E-state index is 13.9. The fourth-order valence-corrected chi connectivity index (χ4v) is 9.16. The Kier molecular flexibility index (Phi) is 8.88. The van der Waals surface area contributed by atoms with Crippen molar-refractivity contribution in [2.45, 2.75) is 116 Å². The molecule has 0 N–H and O–H groups in total. The molecule has 1 aliphatic carbocycles. The molecule has 0 aromatic carbocycles. The highest BCUT2D eigenvalue weighted by atomic mass is 32.2. The van der Waals surface area contributed by atoms with Crippen molar-refractivity contribution in [2.24, 2.45) is 17.3 Å². The minimum absolute atomic E-state index is 0.193. The molecule has 7 nitrogen and oxygen atoms in total. The molecule has 2 saturated heterocycles. The summed E-state index contributed by atoms with van der Waals surface area (Å²) in [6.45, 7) is 5.95. The summed E-state index contributed by atoms with van der Waals surface area (Å²) in [7, 11) is -3.14. The van der Waals surface area contributed by atoms with E-state index in [4.69, 9.17) is 5.10 Å². The molecule has 0 bridgehead atoms. The molecule has 3 aliphatic heterocycles. The summed E-state index contributed by atoms with van der Waals surface area (Å²) in [5.41, 5.74) is 3.14. The van der Waals surface area contributed by atoms with Crippen molar-refractivity contribution in [2.75, 3.05) is 32.4 Å². The van der Waals surface area contributed by atoms with E-state index in [2.05, 4.69) is 9.58 Å². The molecule has 4 heterocycles. The van der Waals surface area contributed by atoms with Gasteiger partial charge in [-0.2, -0.15) is 5.10 Å². The van der Waals surface area contributed by atoms with E-state index in [0.717, 1.165) is 68.7 Å². The summed E-state index contributed by atoms with van der Waals surface area (Å²) in [6, 6.07) is 0. The third-order valence-corrected chi connectivity index (χ3v) is 11.7. The molecule has 1 spiro atoms. The van der Waals surface area contributed by atoms with Gasteiger partial charge in [0, 0.05) is 32.7 Å². The average Bonchev–Trinajstić information content (AvgIpc) is 3.04. The maximum Gasteiger partial charge on any atom is 0.257 e. The SMILES string of the molecule is Cc1nn2c(c1C(=O)N1CCCCCC1)CC(C1CCN(S(C)(=O)=O)CC1)C1(CCCCCCCCC1)C2. The standard InChI is InChI=1S/C30H50N4O3S/c1-24-28(29(35)32-18-12-8-9-13-19-32)27-22-26(25-14-20-33(21-15-25)38(2,36)37)30(23-34(27)31-24)16-10-6-4-3-5-7-11-17-30/h25-26H,3-23H2,1-2H3. The Morgan fingerprint density at radius 2 is 1.39 bits per heavy atom. The molecule has 1 saturated carbocycles. The molecule has 214 valence electrons. The van der Waals surface area contributed by atoms with Crippen LogP contribution in [0.2, 0.25) is 0 Å². The Hall–Kier alpha value is -1.41. The second-order valence-electron chi connectivity index (χ2n) is 12.9. The zero-order chi connectivity index (χ0) is 26.8. The lowest BCUT2D eigenvalue weighted by atomic mass is 9.59. The summed E-state index contributed by atoms with van der Waals surface area (Å²) in [5, 5.41) is 5.04. The largest absolute Gasteiger partial charge is 0.339 e. The van der Waals surface area contributed by atoms with Crippen molar-refractivity contribution < 1.29 is 13.2 Å². The number of carbonyl (C=O) groups excluding carboxylic acids is 1. The Labute approximate surface area is 230 Å². The third kappa shape index (κ3) is 6.01. The summed E-state index contributed by atoms with van der Waals surface area (Å²) in [6.07, 6.45) is 20.4. The number of aromatic nitrogens is 2. The van der Waals surface area contributed by atoms with E-state index in [1.807, 2.05) is 6.92 Å². The van der Waals surface area contributed by atoms with E-state index >= 15 is 0 Å². The van der Waals surface area contributed by atoms with Gasteiger partial charge in [-0.05, 0) is 69.1 Å². The van der Waals surface area contributed by atoms with Crippen LogP contribution in [0.3, 0.4) is 0 Å². The van der Waals surface area contributed by atoms with Crippen LogP contribution in [-0.2, 0) is 23.0 Å². The fourth-order valence-electron chi connectivity index (χ4n) is 8.29. The van der Waals surface area contributed by atoms with Crippen LogP contribution in [0.5, 0.6) is 0 Å². The van der Waals surface area contributed by atoms with Crippen LogP contribution in [0.4, 0.5) is 0 Å². The molecule has 1 atom stereocenters. The number of aryl methyl sites for hydroxylation is 1. The number of rotatable bonds is 3. The third-order valence-electron chi connectivity index (χ3n) is 10.4. The van der Waals surface area contributed by atoms with Crippen molar-refractivity contribution in [1.29, 1.82) is 0 Å². The van der Waals surface area contributed by atoms with Gasteiger partial charge in [-0.1, -0.05) is 57.8 Å². The van der Waals surface area contributed by atoms with Crippen molar-refractivity contribution in [3.05, 3.63) is 17.0 Å². The number of fused-ring (bicyclic) bond motifs is 1. The van der Waals surface area contributed by atoms with Gasteiger partial charge in [0.05, 0.1) is 23.2 Å². The lowest BCUT2D eigenvalue weighted by molar-refractivity contribution is 0.00810. The number of likely N-dealkylation sites (tertiary alicyclic amines) is 1. The van der Waals surface area contributed by atoms with Crippen LogP contribution >= 0.6 is 0 Å². The van der Waals surface area contributed by atoms with Gasteiger partial charge in [-0.3, -0.25) is 9.48 Å². The van der Waals surface area contributed by atoms with Crippen LogP contribution in [-0.4, -0.2) is 65.7 Å². The summed E-state index contributed by atoms with van der Waals surface area (Å²) in [4.78, 5) is 16.0. The van der Waals surface area contributed by atoms with Gasteiger partial charge in [0.15, 0.2) is 0 Å². The lowest BCUT2D eigenvalue weighted by Gasteiger charge is -2.50. The summed E-state index contributed by atoms with van der Waals surface area (Å²) >= 11 is 0. The first-order chi connectivity index (χ1) is 18.3. The number of amides is 1.